The predicted molar refractivity (Wildman–Crippen MR) is 91.0 cm³/mol. The minimum absolute atomic E-state index is 0.0262. The summed E-state index contributed by atoms with van der Waals surface area (Å²) in [6.07, 6.45) is 0. The third kappa shape index (κ3) is 3.05. The second-order valence-electron chi connectivity index (χ2n) is 5.71. The van der Waals surface area contributed by atoms with E-state index >= 15 is 0 Å². The van der Waals surface area contributed by atoms with Crippen molar-refractivity contribution in [2.75, 3.05) is 0 Å². The van der Waals surface area contributed by atoms with Gasteiger partial charge in [0.25, 0.3) is 0 Å². The fourth-order valence-corrected chi connectivity index (χ4v) is 3.27. The van der Waals surface area contributed by atoms with E-state index in [0.29, 0.717) is 11.0 Å². The Morgan fingerprint density at radius 1 is 0.917 bits per heavy atom. The van der Waals surface area contributed by atoms with Crippen LogP contribution in [0, 0.1) is 20.8 Å². The van der Waals surface area contributed by atoms with Gasteiger partial charge in [0.1, 0.15) is 10.5 Å². The normalized spacial score (nSPS) is 11.6. The van der Waals surface area contributed by atoms with Crippen LogP contribution >= 0.6 is 0 Å². The molecule has 0 atom stereocenters. The van der Waals surface area contributed by atoms with Gasteiger partial charge in [0.15, 0.2) is 5.75 Å². The molecule has 0 amide bonds. The molecule has 0 unspecified atom stereocenters. The summed E-state index contributed by atoms with van der Waals surface area (Å²) in [7, 11) is -4.04. The van der Waals surface area contributed by atoms with Crippen LogP contribution in [0.5, 0.6) is 5.75 Å². The van der Waals surface area contributed by atoms with Crippen molar-refractivity contribution in [3.8, 4) is 5.75 Å². The molecular formula is C18H16O5S. The van der Waals surface area contributed by atoms with Gasteiger partial charge in [-0.25, -0.2) is 4.79 Å². The minimum atomic E-state index is -4.04. The predicted octanol–water partition coefficient (Wildman–Crippen LogP) is 3.49. The van der Waals surface area contributed by atoms with Crippen molar-refractivity contribution in [3.05, 3.63) is 69.6 Å². The van der Waals surface area contributed by atoms with Crippen LogP contribution in [-0.4, -0.2) is 8.42 Å². The molecule has 0 spiro atoms. The highest BCUT2D eigenvalue weighted by molar-refractivity contribution is 7.87. The molecule has 0 N–H and O–H groups in total. The molecule has 0 aliphatic rings. The smallest absolute Gasteiger partial charge is 0.340 e. The second kappa shape index (κ2) is 5.79. The minimum Gasteiger partial charge on any atom is -0.422 e. The van der Waals surface area contributed by atoms with Gasteiger partial charge in [0, 0.05) is 0 Å². The van der Waals surface area contributed by atoms with E-state index < -0.39 is 15.7 Å². The molecule has 0 saturated heterocycles. The van der Waals surface area contributed by atoms with Crippen LogP contribution in [0.2, 0.25) is 0 Å². The highest BCUT2D eigenvalue weighted by Crippen LogP contribution is 2.29. The van der Waals surface area contributed by atoms with Crippen LogP contribution in [-0.2, 0) is 10.1 Å². The lowest BCUT2D eigenvalue weighted by Crippen LogP contribution is -2.11. The van der Waals surface area contributed by atoms with E-state index in [1.807, 2.05) is 20.8 Å². The van der Waals surface area contributed by atoms with Gasteiger partial charge in [-0.1, -0.05) is 17.7 Å². The maximum absolute atomic E-state index is 12.5. The summed E-state index contributed by atoms with van der Waals surface area (Å²) in [6.45, 7) is 5.63. The number of benzene rings is 2. The molecule has 0 saturated carbocycles. The van der Waals surface area contributed by atoms with Crippen LogP contribution < -0.4 is 9.81 Å². The van der Waals surface area contributed by atoms with Crippen LogP contribution in [0.3, 0.4) is 0 Å². The molecule has 5 nitrogen and oxygen atoms in total. The Hall–Kier alpha value is -2.60. The van der Waals surface area contributed by atoms with E-state index in [1.54, 1.807) is 24.3 Å². The van der Waals surface area contributed by atoms with Crippen molar-refractivity contribution in [2.45, 2.75) is 25.7 Å². The lowest BCUT2D eigenvalue weighted by Gasteiger charge is -2.10. The Labute approximate surface area is 139 Å². The Kier molecular flexibility index (Phi) is 3.93. The van der Waals surface area contributed by atoms with E-state index in [-0.39, 0.29) is 10.6 Å². The summed E-state index contributed by atoms with van der Waals surface area (Å²) in [5.41, 5.74) is 2.43. The number of rotatable bonds is 3. The largest absolute Gasteiger partial charge is 0.422 e. The summed E-state index contributed by atoms with van der Waals surface area (Å²) in [6, 6.07) is 10.8. The Balaban J connectivity index is 2.14. The maximum atomic E-state index is 12.5. The topological polar surface area (TPSA) is 73.6 Å². The first-order valence-corrected chi connectivity index (χ1v) is 8.73. The Bertz CT molecular complexity index is 1080. The van der Waals surface area contributed by atoms with Gasteiger partial charge in [-0.05, 0) is 56.2 Å². The summed E-state index contributed by atoms with van der Waals surface area (Å²) in [5, 5.41) is 0.438. The average molecular weight is 344 g/mol. The fourth-order valence-electron chi connectivity index (χ4n) is 2.33. The van der Waals surface area contributed by atoms with Crippen molar-refractivity contribution in [1.29, 1.82) is 0 Å². The van der Waals surface area contributed by atoms with E-state index in [1.165, 1.54) is 12.1 Å². The number of aryl methyl sites for hydroxylation is 3. The van der Waals surface area contributed by atoms with Crippen molar-refractivity contribution >= 4 is 21.1 Å². The first-order chi connectivity index (χ1) is 11.3. The highest BCUT2D eigenvalue weighted by Gasteiger charge is 2.19. The van der Waals surface area contributed by atoms with Crippen LogP contribution in [0.4, 0.5) is 0 Å². The molecule has 2 aromatic carbocycles. The average Bonchev–Trinajstić information content (AvgIpc) is 2.49. The third-order valence-corrected chi connectivity index (χ3v) is 5.08. The third-order valence-electron chi connectivity index (χ3n) is 3.83. The molecule has 0 bridgehead atoms. The van der Waals surface area contributed by atoms with Gasteiger partial charge in [0.2, 0.25) is 0 Å². The molecule has 24 heavy (non-hydrogen) atoms. The van der Waals surface area contributed by atoms with Crippen LogP contribution in [0.1, 0.15) is 16.7 Å². The summed E-state index contributed by atoms with van der Waals surface area (Å²) in [4.78, 5) is 11.8. The molecule has 0 fully saturated rings. The molecule has 0 aliphatic carbocycles. The van der Waals surface area contributed by atoms with Gasteiger partial charge in [-0.3, -0.25) is 0 Å². The summed E-state index contributed by atoms with van der Waals surface area (Å²) < 4.78 is 35.3. The van der Waals surface area contributed by atoms with E-state index in [9.17, 15) is 13.2 Å². The number of hydrogen-bond donors (Lipinski definition) is 0. The quantitative estimate of drug-likeness (QED) is 0.537. The van der Waals surface area contributed by atoms with Gasteiger partial charge in [0.05, 0.1) is 11.5 Å². The summed E-state index contributed by atoms with van der Waals surface area (Å²) >= 11 is 0. The molecule has 1 aromatic heterocycles. The zero-order chi connectivity index (χ0) is 17.5. The fraction of sp³-hybridized carbons (Fsp3) is 0.167. The van der Waals surface area contributed by atoms with Gasteiger partial charge in [-0.15, -0.1) is 0 Å². The number of hydrogen-bond acceptors (Lipinski definition) is 5. The highest BCUT2D eigenvalue weighted by atomic mass is 32.2. The van der Waals surface area contributed by atoms with Gasteiger partial charge < -0.3 is 8.60 Å². The molecule has 3 aromatic rings. The monoisotopic (exact) mass is 344 g/mol. The van der Waals surface area contributed by atoms with E-state index in [2.05, 4.69) is 0 Å². The van der Waals surface area contributed by atoms with Crippen LogP contribution in [0.25, 0.3) is 11.0 Å². The summed E-state index contributed by atoms with van der Waals surface area (Å²) in [5.74, 6) is -0.0371. The lowest BCUT2D eigenvalue weighted by atomic mass is 10.1. The first-order valence-electron chi connectivity index (χ1n) is 7.32. The van der Waals surface area contributed by atoms with Crippen molar-refractivity contribution in [1.82, 2.24) is 0 Å². The zero-order valence-electron chi connectivity index (χ0n) is 13.5. The SMILES string of the molecule is Cc1ccc(S(=O)(=O)Oc2cc(=O)oc3cc(C)c(C)cc23)cc1. The van der Waals surface area contributed by atoms with Crippen molar-refractivity contribution in [2.24, 2.45) is 0 Å². The van der Waals surface area contributed by atoms with E-state index in [4.69, 9.17) is 8.60 Å². The molecule has 0 aliphatic heterocycles. The first kappa shape index (κ1) is 16.3. The molecule has 0 radical (unpaired) electrons. The molecular weight excluding hydrogens is 328 g/mol. The van der Waals surface area contributed by atoms with Crippen molar-refractivity contribution in [3.63, 3.8) is 0 Å². The Morgan fingerprint density at radius 3 is 2.21 bits per heavy atom. The standard InChI is InChI=1S/C18H16O5S/c1-11-4-6-14(7-5-11)24(20,21)23-17-10-18(19)22-16-9-13(3)12(2)8-15(16)17/h4-10H,1-3H3. The zero-order valence-corrected chi connectivity index (χ0v) is 14.3. The molecule has 3 rings (SSSR count). The van der Waals surface area contributed by atoms with Crippen LogP contribution in [0.15, 0.2) is 56.6 Å². The molecule has 6 heteroatoms. The van der Waals surface area contributed by atoms with Gasteiger partial charge >= 0.3 is 15.7 Å². The maximum Gasteiger partial charge on any atom is 0.340 e. The lowest BCUT2D eigenvalue weighted by molar-refractivity contribution is 0.482. The van der Waals surface area contributed by atoms with E-state index in [0.717, 1.165) is 22.8 Å². The second-order valence-corrected chi connectivity index (χ2v) is 7.26. The van der Waals surface area contributed by atoms with Crippen molar-refractivity contribution < 1.29 is 17.0 Å². The van der Waals surface area contributed by atoms with Gasteiger partial charge in [-0.2, -0.15) is 8.42 Å². The molecule has 1 heterocycles. The Morgan fingerprint density at radius 2 is 1.54 bits per heavy atom. The number of fused-ring (bicyclic) bond motifs is 1. The molecule has 124 valence electrons.